The van der Waals surface area contributed by atoms with Gasteiger partial charge >= 0.3 is 12.1 Å². The highest BCUT2D eigenvalue weighted by Gasteiger charge is 2.34. The van der Waals surface area contributed by atoms with Gasteiger partial charge in [-0.05, 0) is 53.6 Å². The highest BCUT2D eigenvalue weighted by Crippen LogP contribution is 2.40. The minimum atomic E-state index is -4.57. The Morgan fingerprint density at radius 3 is 2.28 bits per heavy atom. The Balaban J connectivity index is 1.61. The first-order chi connectivity index (χ1) is 17.0. The summed E-state index contributed by atoms with van der Waals surface area (Å²) in [6.07, 6.45) is -4.07. The Hall–Kier alpha value is -3.94. The minimum Gasteiger partial charge on any atom is -0.481 e. The maximum atomic E-state index is 14.0. The van der Waals surface area contributed by atoms with Crippen molar-refractivity contribution < 1.29 is 27.6 Å². The van der Waals surface area contributed by atoms with E-state index in [0.29, 0.717) is 17.5 Å². The quantitative estimate of drug-likeness (QED) is 0.286. The zero-order valence-corrected chi connectivity index (χ0v) is 20.0. The van der Waals surface area contributed by atoms with Gasteiger partial charge in [0.1, 0.15) is 0 Å². The molecule has 186 valence electrons. The van der Waals surface area contributed by atoms with Crippen LogP contribution in [-0.4, -0.2) is 21.2 Å². The average Bonchev–Trinajstić information content (AvgIpc) is 3.34. The van der Waals surface area contributed by atoms with Crippen molar-refractivity contribution in [1.82, 2.24) is 10.1 Å². The van der Waals surface area contributed by atoms with Crippen molar-refractivity contribution in [3.63, 3.8) is 0 Å². The number of aryl methyl sites for hydroxylation is 1. The van der Waals surface area contributed by atoms with Gasteiger partial charge in [0.05, 0.1) is 11.5 Å². The molecule has 8 heteroatoms. The standard InChI is InChI=1S/C28H25F3N2O3/c1-16-6-4-5-7-22(16)23-13-12-21(15-24(23)28(29,30)31)26-32-25(33-36-26)20-10-8-19(9-11-20)17(2)14-18(3)27(34)35/h4-13,15,17-18H,14H2,1-3H3,(H,34,35)/t17-,18+/m0/s1. The normalized spacial score (nSPS) is 13.4. The van der Waals surface area contributed by atoms with E-state index in [1.807, 2.05) is 19.1 Å². The number of nitrogens with zero attached hydrogens (tertiary/aromatic N) is 2. The van der Waals surface area contributed by atoms with Crippen molar-refractivity contribution in [2.75, 3.05) is 0 Å². The van der Waals surface area contributed by atoms with Crippen molar-refractivity contribution >= 4 is 5.97 Å². The number of alkyl halides is 3. The maximum absolute atomic E-state index is 14.0. The van der Waals surface area contributed by atoms with Crippen LogP contribution in [0.1, 0.15) is 42.9 Å². The molecule has 0 saturated heterocycles. The van der Waals surface area contributed by atoms with Crippen LogP contribution in [0.3, 0.4) is 0 Å². The summed E-state index contributed by atoms with van der Waals surface area (Å²) >= 11 is 0. The molecule has 4 aromatic rings. The zero-order chi connectivity index (χ0) is 26.0. The molecule has 36 heavy (non-hydrogen) atoms. The lowest BCUT2D eigenvalue weighted by molar-refractivity contribution is -0.141. The first-order valence-corrected chi connectivity index (χ1v) is 11.5. The molecule has 0 spiro atoms. The molecule has 1 N–H and O–H groups in total. The van der Waals surface area contributed by atoms with Gasteiger partial charge in [-0.2, -0.15) is 18.2 Å². The number of benzene rings is 3. The molecule has 1 aromatic heterocycles. The third-order valence-corrected chi connectivity index (χ3v) is 6.30. The molecule has 5 nitrogen and oxygen atoms in total. The lowest BCUT2D eigenvalue weighted by Gasteiger charge is -2.15. The highest BCUT2D eigenvalue weighted by atomic mass is 19.4. The van der Waals surface area contributed by atoms with Crippen LogP contribution >= 0.6 is 0 Å². The molecule has 0 bridgehead atoms. The molecule has 0 radical (unpaired) electrons. The molecular weight excluding hydrogens is 469 g/mol. The van der Waals surface area contributed by atoms with Gasteiger partial charge in [0, 0.05) is 11.1 Å². The molecule has 0 saturated carbocycles. The summed E-state index contributed by atoms with van der Waals surface area (Å²) in [6.45, 7) is 5.40. The first kappa shape index (κ1) is 25.2. The van der Waals surface area contributed by atoms with Gasteiger partial charge in [-0.3, -0.25) is 4.79 Å². The molecule has 0 fully saturated rings. The summed E-state index contributed by atoms with van der Waals surface area (Å²) in [5.41, 5.74) is 2.35. The number of carboxylic acid groups (broad SMARTS) is 1. The van der Waals surface area contributed by atoms with E-state index in [-0.39, 0.29) is 28.8 Å². The summed E-state index contributed by atoms with van der Waals surface area (Å²) in [7, 11) is 0. The molecule has 0 unspecified atom stereocenters. The number of aromatic nitrogens is 2. The number of hydrogen-bond donors (Lipinski definition) is 1. The van der Waals surface area contributed by atoms with E-state index < -0.39 is 23.6 Å². The Labute approximate surface area is 206 Å². The summed E-state index contributed by atoms with van der Waals surface area (Å²) in [5.74, 6) is -1.02. The van der Waals surface area contributed by atoms with Crippen LogP contribution in [0.4, 0.5) is 13.2 Å². The fraction of sp³-hybridized carbons (Fsp3) is 0.250. The molecule has 4 rings (SSSR count). The SMILES string of the molecule is Cc1ccccc1-c1ccc(-c2nc(-c3ccc([C@@H](C)C[C@@H](C)C(=O)O)cc3)no2)cc1C(F)(F)F. The van der Waals surface area contributed by atoms with E-state index in [1.165, 1.54) is 6.07 Å². The topological polar surface area (TPSA) is 76.2 Å². The average molecular weight is 495 g/mol. The number of rotatable bonds is 7. The lowest BCUT2D eigenvalue weighted by Crippen LogP contribution is -2.12. The fourth-order valence-electron chi connectivity index (χ4n) is 4.21. The largest absolute Gasteiger partial charge is 0.481 e. The van der Waals surface area contributed by atoms with Crippen molar-refractivity contribution in [3.05, 3.63) is 83.4 Å². The second-order valence-electron chi connectivity index (χ2n) is 8.99. The Bertz CT molecular complexity index is 1380. The van der Waals surface area contributed by atoms with E-state index in [4.69, 9.17) is 9.63 Å². The molecule has 0 aliphatic heterocycles. The van der Waals surface area contributed by atoms with Crippen molar-refractivity contribution in [1.29, 1.82) is 0 Å². The van der Waals surface area contributed by atoms with Crippen LogP contribution in [0.2, 0.25) is 0 Å². The summed E-state index contributed by atoms with van der Waals surface area (Å²) in [4.78, 5) is 15.4. The van der Waals surface area contributed by atoms with Crippen molar-refractivity contribution in [2.24, 2.45) is 5.92 Å². The van der Waals surface area contributed by atoms with Crippen LogP contribution in [0.5, 0.6) is 0 Å². The molecule has 0 aliphatic carbocycles. The second kappa shape index (κ2) is 9.97. The van der Waals surface area contributed by atoms with Crippen LogP contribution in [0, 0.1) is 12.8 Å². The summed E-state index contributed by atoms with van der Waals surface area (Å²) in [6, 6.07) is 18.2. The number of aliphatic carboxylic acids is 1. The summed E-state index contributed by atoms with van der Waals surface area (Å²) in [5, 5.41) is 13.1. The molecule has 0 aliphatic rings. The predicted molar refractivity (Wildman–Crippen MR) is 130 cm³/mol. The molecule has 0 amide bonds. The van der Waals surface area contributed by atoms with Gasteiger partial charge in [0.25, 0.3) is 5.89 Å². The Kier molecular flexibility index (Phi) is 6.97. The van der Waals surface area contributed by atoms with Gasteiger partial charge in [-0.15, -0.1) is 0 Å². The zero-order valence-electron chi connectivity index (χ0n) is 20.0. The third kappa shape index (κ3) is 5.32. The van der Waals surface area contributed by atoms with E-state index >= 15 is 0 Å². The van der Waals surface area contributed by atoms with Gasteiger partial charge in [0.15, 0.2) is 0 Å². The first-order valence-electron chi connectivity index (χ1n) is 11.5. The Morgan fingerprint density at radius 1 is 0.972 bits per heavy atom. The summed E-state index contributed by atoms with van der Waals surface area (Å²) < 4.78 is 47.2. The third-order valence-electron chi connectivity index (χ3n) is 6.30. The molecule has 2 atom stereocenters. The van der Waals surface area contributed by atoms with Gasteiger partial charge in [-0.1, -0.05) is 73.6 Å². The Morgan fingerprint density at radius 2 is 1.64 bits per heavy atom. The van der Waals surface area contributed by atoms with Gasteiger partial charge in [0.2, 0.25) is 5.82 Å². The van der Waals surface area contributed by atoms with E-state index in [2.05, 4.69) is 10.1 Å². The number of hydrogen-bond acceptors (Lipinski definition) is 4. The van der Waals surface area contributed by atoms with E-state index in [0.717, 1.165) is 17.2 Å². The maximum Gasteiger partial charge on any atom is 0.417 e. The fourth-order valence-corrected chi connectivity index (χ4v) is 4.21. The number of halogens is 3. The number of carboxylic acids is 1. The predicted octanol–water partition coefficient (Wildman–Crippen LogP) is 7.61. The molecule has 1 heterocycles. The minimum absolute atomic E-state index is 0.0143. The van der Waals surface area contributed by atoms with Crippen LogP contribution in [0.15, 0.2) is 71.3 Å². The van der Waals surface area contributed by atoms with Crippen LogP contribution in [-0.2, 0) is 11.0 Å². The van der Waals surface area contributed by atoms with Gasteiger partial charge in [-0.25, -0.2) is 0 Å². The van der Waals surface area contributed by atoms with Crippen molar-refractivity contribution in [3.8, 4) is 34.0 Å². The van der Waals surface area contributed by atoms with E-state index in [9.17, 15) is 18.0 Å². The monoisotopic (exact) mass is 494 g/mol. The second-order valence-corrected chi connectivity index (χ2v) is 8.99. The van der Waals surface area contributed by atoms with Crippen LogP contribution in [0.25, 0.3) is 34.0 Å². The van der Waals surface area contributed by atoms with Crippen LogP contribution < -0.4 is 0 Å². The smallest absolute Gasteiger partial charge is 0.417 e. The molecular formula is C28H25F3N2O3. The molecule has 3 aromatic carbocycles. The number of carbonyl (C=O) groups is 1. The van der Waals surface area contributed by atoms with E-state index in [1.54, 1.807) is 56.3 Å². The van der Waals surface area contributed by atoms with Crippen molar-refractivity contribution in [2.45, 2.75) is 39.3 Å². The van der Waals surface area contributed by atoms with Gasteiger partial charge < -0.3 is 9.63 Å². The lowest BCUT2D eigenvalue weighted by atomic mass is 9.91. The highest BCUT2D eigenvalue weighted by molar-refractivity contribution is 5.74.